The van der Waals surface area contributed by atoms with Crippen molar-refractivity contribution in [3.63, 3.8) is 0 Å². The van der Waals surface area contributed by atoms with Gasteiger partial charge in [-0.3, -0.25) is 9.79 Å². The average Bonchev–Trinajstić information content (AvgIpc) is 2.78. The number of hydrogen-bond donors (Lipinski definition) is 2. The lowest BCUT2D eigenvalue weighted by atomic mass is 10.1. The maximum absolute atomic E-state index is 12.9. The topological polar surface area (TPSA) is 56.7 Å². The van der Waals surface area contributed by atoms with Crippen LogP contribution in [-0.4, -0.2) is 49.2 Å². The van der Waals surface area contributed by atoms with Crippen LogP contribution in [0.1, 0.15) is 36.2 Å². The van der Waals surface area contributed by atoms with Crippen LogP contribution in [0.3, 0.4) is 0 Å². The molecule has 0 heterocycles. The molecule has 0 aliphatic heterocycles. The Kier molecular flexibility index (Phi) is 10.2. The molecule has 7 heteroatoms. The number of halogens is 1. The first-order valence-corrected chi connectivity index (χ1v) is 11.3. The minimum absolute atomic E-state index is 0.0653. The highest BCUT2D eigenvalue weighted by molar-refractivity contribution is 7.99. The van der Waals surface area contributed by atoms with Crippen molar-refractivity contribution in [3.05, 3.63) is 65.5 Å². The smallest absolute Gasteiger partial charge is 0.253 e. The Bertz CT molecular complexity index is 805. The van der Waals surface area contributed by atoms with Crippen molar-refractivity contribution >= 4 is 23.6 Å². The van der Waals surface area contributed by atoms with Gasteiger partial charge >= 0.3 is 0 Å². The minimum Gasteiger partial charge on any atom is -0.356 e. The standard InChI is InChI=1S/C23H31FN4OS/c1-4-28(5-2)22(29)19-9-7-18(8-10-19)17-27-23(25-3)26-15-6-16-30-21-13-11-20(24)12-14-21/h7-14H,4-6,15-17H2,1-3H3,(H2,25,26,27). The van der Waals surface area contributed by atoms with Gasteiger partial charge in [-0.15, -0.1) is 11.8 Å². The molecule has 30 heavy (non-hydrogen) atoms. The number of benzene rings is 2. The summed E-state index contributed by atoms with van der Waals surface area (Å²) in [5.41, 5.74) is 1.80. The van der Waals surface area contributed by atoms with E-state index in [-0.39, 0.29) is 11.7 Å². The molecule has 2 aromatic rings. The lowest BCUT2D eigenvalue weighted by Crippen LogP contribution is -2.37. The van der Waals surface area contributed by atoms with Gasteiger partial charge in [0.2, 0.25) is 0 Å². The van der Waals surface area contributed by atoms with E-state index in [1.165, 1.54) is 12.1 Å². The first kappa shape index (κ1) is 23.7. The van der Waals surface area contributed by atoms with Crippen LogP contribution >= 0.6 is 11.8 Å². The largest absolute Gasteiger partial charge is 0.356 e. The molecular formula is C23H31FN4OS. The molecule has 5 nitrogen and oxygen atoms in total. The number of rotatable bonds is 10. The molecule has 0 bridgehead atoms. The Morgan fingerprint density at radius 3 is 2.30 bits per heavy atom. The molecule has 1 amide bonds. The third-order valence-corrected chi connectivity index (χ3v) is 5.73. The fourth-order valence-electron chi connectivity index (χ4n) is 2.86. The lowest BCUT2D eigenvalue weighted by Gasteiger charge is -2.18. The molecule has 0 saturated heterocycles. The molecule has 0 fully saturated rings. The van der Waals surface area contributed by atoms with Crippen LogP contribution in [0, 0.1) is 5.82 Å². The van der Waals surface area contributed by atoms with E-state index in [2.05, 4.69) is 15.6 Å². The molecule has 0 unspecified atom stereocenters. The van der Waals surface area contributed by atoms with Gasteiger partial charge < -0.3 is 15.5 Å². The monoisotopic (exact) mass is 430 g/mol. The number of nitrogens with zero attached hydrogens (tertiary/aromatic N) is 2. The Hall–Kier alpha value is -2.54. The van der Waals surface area contributed by atoms with Gasteiger partial charge in [0, 0.05) is 43.7 Å². The molecule has 0 aromatic heterocycles. The van der Waals surface area contributed by atoms with Crippen molar-refractivity contribution in [2.45, 2.75) is 31.7 Å². The van der Waals surface area contributed by atoms with Crippen molar-refractivity contribution in [1.82, 2.24) is 15.5 Å². The Labute approximate surface area is 183 Å². The summed E-state index contributed by atoms with van der Waals surface area (Å²) in [6.07, 6.45) is 0.963. The zero-order valence-electron chi connectivity index (χ0n) is 18.0. The summed E-state index contributed by atoms with van der Waals surface area (Å²) in [6, 6.07) is 14.3. The van der Waals surface area contributed by atoms with Crippen LogP contribution in [0.2, 0.25) is 0 Å². The summed E-state index contributed by atoms with van der Waals surface area (Å²) in [4.78, 5) is 19.5. The number of nitrogens with one attached hydrogen (secondary N) is 2. The molecule has 2 aromatic carbocycles. The highest BCUT2D eigenvalue weighted by atomic mass is 32.2. The van der Waals surface area contributed by atoms with Crippen LogP contribution in [0.25, 0.3) is 0 Å². The normalized spacial score (nSPS) is 11.3. The number of carbonyl (C=O) groups excluding carboxylic acids is 1. The number of thioether (sulfide) groups is 1. The van der Waals surface area contributed by atoms with E-state index < -0.39 is 0 Å². The maximum Gasteiger partial charge on any atom is 0.253 e. The summed E-state index contributed by atoms with van der Waals surface area (Å²) < 4.78 is 12.9. The van der Waals surface area contributed by atoms with Crippen molar-refractivity contribution in [3.8, 4) is 0 Å². The number of carbonyl (C=O) groups is 1. The molecule has 0 atom stereocenters. The van der Waals surface area contributed by atoms with Crippen molar-refractivity contribution in [2.75, 3.05) is 32.4 Å². The first-order chi connectivity index (χ1) is 14.6. The van der Waals surface area contributed by atoms with E-state index in [9.17, 15) is 9.18 Å². The Balaban J connectivity index is 1.70. The molecule has 0 radical (unpaired) electrons. The van der Waals surface area contributed by atoms with E-state index in [0.717, 1.165) is 35.1 Å². The van der Waals surface area contributed by atoms with E-state index in [4.69, 9.17) is 0 Å². The van der Waals surface area contributed by atoms with Gasteiger partial charge in [-0.25, -0.2) is 4.39 Å². The third kappa shape index (κ3) is 7.71. The van der Waals surface area contributed by atoms with E-state index in [1.54, 1.807) is 30.9 Å². The summed E-state index contributed by atoms with van der Waals surface area (Å²) in [6.45, 7) is 6.82. The van der Waals surface area contributed by atoms with E-state index in [0.29, 0.717) is 25.2 Å². The van der Waals surface area contributed by atoms with Crippen molar-refractivity contribution in [2.24, 2.45) is 4.99 Å². The molecule has 0 saturated carbocycles. The van der Waals surface area contributed by atoms with Crippen LogP contribution < -0.4 is 10.6 Å². The predicted molar refractivity (Wildman–Crippen MR) is 124 cm³/mol. The molecule has 2 rings (SSSR count). The maximum atomic E-state index is 12.9. The van der Waals surface area contributed by atoms with Gasteiger partial charge in [-0.05, 0) is 68.0 Å². The highest BCUT2D eigenvalue weighted by Crippen LogP contribution is 2.18. The fourth-order valence-corrected chi connectivity index (χ4v) is 3.72. The second-order valence-electron chi connectivity index (χ2n) is 6.68. The Morgan fingerprint density at radius 2 is 1.70 bits per heavy atom. The van der Waals surface area contributed by atoms with Crippen molar-refractivity contribution in [1.29, 1.82) is 0 Å². The first-order valence-electron chi connectivity index (χ1n) is 10.3. The number of aliphatic imine (C=N–C) groups is 1. The second kappa shape index (κ2) is 12.9. The zero-order chi connectivity index (χ0) is 21.8. The van der Waals surface area contributed by atoms with Crippen molar-refractivity contribution < 1.29 is 9.18 Å². The van der Waals surface area contributed by atoms with Gasteiger partial charge in [-0.1, -0.05) is 12.1 Å². The molecular weight excluding hydrogens is 399 g/mol. The predicted octanol–water partition coefficient (Wildman–Crippen LogP) is 4.16. The minimum atomic E-state index is -0.207. The number of guanidine groups is 1. The highest BCUT2D eigenvalue weighted by Gasteiger charge is 2.11. The summed E-state index contributed by atoms with van der Waals surface area (Å²) >= 11 is 1.71. The van der Waals surface area contributed by atoms with E-state index >= 15 is 0 Å². The molecule has 0 aliphatic carbocycles. The molecule has 2 N–H and O–H groups in total. The van der Waals surface area contributed by atoms with Crippen LogP contribution in [-0.2, 0) is 6.54 Å². The molecule has 0 aliphatic rings. The quantitative estimate of drug-likeness (QED) is 0.257. The number of hydrogen-bond acceptors (Lipinski definition) is 3. The third-order valence-electron chi connectivity index (χ3n) is 4.63. The summed E-state index contributed by atoms with van der Waals surface area (Å²) in [5.74, 6) is 1.54. The SMILES string of the molecule is CCN(CC)C(=O)c1ccc(CNC(=NC)NCCCSc2ccc(F)cc2)cc1. The number of amides is 1. The van der Waals surface area contributed by atoms with Gasteiger partial charge in [0.05, 0.1) is 0 Å². The molecule has 162 valence electrons. The van der Waals surface area contributed by atoms with E-state index in [1.807, 2.05) is 43.0 Å². The Morgan fingerprint density at radius 1 is 1.03 bits per heavy atom. The van der Waals surface area contributed by atoms with Crippen LogP contribution in [0.5, 0.6) is 0 Å². The van der Waals surface area contributed by atoms with Gasteiger partial charge in [0.1, 0.15) is 5.82 Å². The second-order valence-corrected chi connectivity index (χ2v) is 7.85. The van der Waals surface area contributed by atoms with Crippen LogP contribution in [0.15, 0.2) is 58.4 Å². The molecule has 0 spiro atoms. The van der Waals surface area contributed by atoms with Crippen LogP contribution in [0.4, 0.5) is 4.39 Å². The average molecular weight is 431 g/mol. The lowest BCUT2D eigenvalue weighted by molar-refractivity contribution is 0.0773. The van der Waals surface area contributed by atoms with Gasteiger partial charge in [0.25, 0.3) is 5.91 Å². The van der Waals surface area contributed by atoms with Gasteiger partial charge in [-0.2, -0.15) is 0 Å². The summed E-state index contributed by atoms with van der Waals surface area (Å²) in [5, 5.41) is 6.59. The van der Waals surface area contributed by atoms with Gasteiger partial charge in [0.15, 0.2) is 5.96 Å². The summed E-state index contributed by atoms with van der Waals surface area (Å²) in [7, 11) is 1.74. The fraction of sp³-hybridized carbons (Fsp3) is 0.391. The zero-order valence-corrected chi connectivity index (χ0v) is 18.8.